The summed E-state index contributed by atoms with van der Waals surface area (Å²) in [5.74, 6) is -1.06. The topological polar surface area (TPSA) is 48.0 Å². The van der Waals surface area contributed by atoms with Crippen LogP contribution in [0.1, 0.15) is 17.2 Å². The summed E-state index contributed by atoms with van der Waals surface area (Å²) in [6.45, 7) is 1.14. The van der Waals surface area contributed by atoms with Gasteiger partial charge in [0, 0.05) is 6.54 Å². The van der Waals surface area contributed by atoms with Gasteiger partial charge in [0.15, 0.2) is 29.7 Å². The molecule has 0 bridgehead atoms. The zero-order valence-corrected chi connectivity index (χ0v) is 17.4. The Labute approximate surface area is 185 Å². The SMILES string of the molecule is O=C(COc1ccccc1OCc1ccccc1)N1CCOC(c2ccc(F)c(F)c2)C1. The standard InChI is InChI=1S/C25H23F2NO4/c26-20-11-10-19(14-21(20)27)24-15-28(12-13-30-24)25(29)17-32-23-9-5-4-8-22(23)31-16-18-6-2-1-3-7-18/h1-11,14,24H,12-13,15-17H2. The fourth-order valence-electron chi connectivity index (χ4n) is 3.44. The van der Waals surface area contributed by atoms with Crippen molar-refractivity contribution in [1.29, 1.82) is 0 Å². The molecule has 1 aliphatic heterocycles. The summed E-state index contributed by atoms with van der Waals surface area (Å²) < 4.78 is 44.0. The summed E-state index contributed by atoms with van der Waals surface area (Å²) in [7, 11) is 0. The van der Waals surface area contributed by atoms with Gasteiger partial charge in [-0.2, -0.15) is 0 Å². The molecule has 32 heavy (non-hydrogen) atoms. The van der Waals surface area contributed by atoms with Crippen LogP contribution in [0.2, 0.25) is 0 Å². The highest BCUT2D eigenvalue weighted by Crippen LogP contribution is 2.28. The summed E-state index contributed by atoms with van der Waals surface area (Å²) in [5, 5.41) is 0. The van der Waals surface area contributed by atoms with Gasteiger partial charge in [-0.3, -0.25) is 4.79 Å². The number of carbonyl (C=O) groups is 1. The van der Waals surface area contributed by atoms with E-state index < -0.39 is 17.7 Å². The normalized spacial score (nSPS) is 15.9. The minimum absolute atomic E-state index is 0.170. The number of morpholine rings is 1. The molecule has 3 aromatic carbocycles. The number of rotatable bonds is 7. The van der Waals surface area contributed by atoms with Gasteiger partial charge in [0.2, 0.25) is 0 Å². The molecule has 0 aromatic heterocycles. The number of carbonyl (C=O) groups excluding carboxylic acids is 1. The molecule has 1 fully saturated rings. The molecule has 4 rings (SSSR count). The smallest absolute Gasteiger partial charge is 0.260 e. The van der Waals surface area contributed by atoms with Gasteiger partial charge in [0.1, 0.15) is 12.7 Å². The van der Waals surface area contributed by atoms with Crippen molar-refractivity contribution in [2.45, 2.75) is 12.7 Å². The molecule has 3 aromatic rings. The van der Waals surface area contributed by atoms with E-state index in [-0.39, 0.29) is 19.1 Å². The lowest BCUT2D eigenvalue weighted by molar-refractivity contribution is -0.141. The lowest BCUT2D eigenvalue weighted by atomic mass is 10.1. The summed E-state index contributed by atoms with van der Waals surface area (Å²) in [4.78, 5) is 14.3. The van der Waals surface area contributed by atoms with Crippen molar-refractivity contribution in [2.24, 2.45) is 0 Å². The first-order valence-electron chi connectivity index (χ1n) is 10.3. The average molecular weight is 439 g/mol. The Bertz CT molecular complexity index is 1060. The fourth-order valence-corrected chi connectivity index (χ4v) is 3.44. The third-order valence-electron chi connectivity index (χ3n) is 5.17. The lowest BCUT2D eigenvalue weighted by Crippen LogP contribution is -2.44. The number of nitrogens with zero attached hydrogens (tertiary/aromatic N) is 1. The number of para-hydroxylation sites is 2. The summed E-state index contributed by atoms with van der Waals surface area (Å²) >= 11 is 0. The zero-order valence-electron chi connectivity index (χ0n) is 17.4. The van der Waals surface area contributed by atoms with E-state index in [1.807, 2.05) is 42.5 Å². The molecule has 0 spiro atoms. The number of hydrogen-bond donors (Lipinski definition) is 0. The van der Waals surface area contributed by atoms with E-state index in [0.717, 1.165) is 17.7 Å². The van der Waals surface area contributed by atoms with Gasteiger partial charge in [0.05, 0.1) is 13.2 Å². The Kier molecular flexibility index (Phi) is 6.97. The molecular weight excluding hydrogens is 416 g/mol. The Morgan fingerprint density at radius 1 is 0.938 bits per heavy atom. The van der Waals surface area contributed by atoms with E-state index >= 15 is 0 Å². The Morgan fingerprint density at radius 2 is 1.66 bits per heavy atom. The van der Waals surface area contributed by atoms with Crippen LogP contribution in [0.15, 0.2) is 72.8 Å². The maximum absolute atomic E-state index is 13.6. The summed E-state index contributed by atoms with van der Waals surface area (Å²) in [6.07, 6.45) is -0.524. The second-order valence-corrected chi connectivity index (χ2v) is 7.38. The first-order chi connectivity index (χ1) is 15.6. The highest BCUT2D eigenvalue weighted by atomic mass is 19.2. The van der Waals surface area contributed by atoms with Crippen LogP contribution in [-0.2, 0) is 16.1 Å². The van der Waals surface area contributed by atoms with Gasteiger partial charge in [-0.05, 0) is 35.4 Å². The number of hydrogen-bond acceptors (Lipinski definition) is 4. The van der Waals surface area contributed by atoms with E-state index in [1.165, 1.54) is 6.07 Å². The number of amides is 1. The molecule has 5 nitrogen and oxygen atoms in total. The Morgan fingerprint density at radius 3 is 2.41 bits per heavy atom. The average Bonchev–Trinajstić information content (AvgIpc) is 2.84. The maximum atomic E-state index is 13.6. The predicted octanol–water partition coefficient (Wildman–Crippen LogP) is 4.52. The van der Waals surface area contributed by atoms with E-state index in [0.29, 0.717) is 36.8 Å². The largest absolute Gasteiger partial charge is 0.485 e. The minimum Gasteiger partial charge on any atom is -0.485 e. The summed E-state index contributed by atoms with van der Waals surface area (Å²) in [6, 6.07) is 20.6. The third-order valence-corrected chi connectivity index (χ3v) is 5.17. The molecule has 1 unspecified atom stereocenters. The molecule has 0 saturated carbocycles. The molecule has 0 N–H and O–H groups in total. The Balaban J connectivity index is 1.34. The van der Waals surface area contributed by atoms with Crippen LogP contribution >= 0.6 is 0 Å². The van der Waals surface area contributed by atoms with Gasteiger partial charge >= 0.3 is 0 Å². The molecule has 166 valence electrons. The van der Waals surface area contributed by atoms with Gasteiger partial charge in [-0.25, -0.2) is 8.78 Å². The van der Waals surface area contributed by atoms with Crippen molar-refractivity contribution in [3.05, 3.63) is 95.6 Å². The second kappa shape index (κ2) is 10.2. The van der Waals surface area contributed by atoms with Crippen molar-refractivity contribution < 1.29 is 27.8 Å². The van der Waals surface area contributed by atoms with Crippen LogP contribution < -0.4 is 9.47 Å². The van der Waals surface area contributed by atoms with Crippen LogP contribution in [0.4, 0.5) is 8.78 Å². The predicted molar refractivity (Wildman–Crippen MR) is 114 cm³/mol. The molecule has 0 radical (unpaired) electrons. The molecule has 7 heteroatoms. The van der Waals surface area contributed by atoms with Crippen molar-refractivity contribution in [1.82, 2.24) is 4.90 Å². The van der Waals surface area contributed by atoms with Crippen LogP contribution in [0, 0.1) is 11.6 Å². The molecular formula is C25H23F2NO4. The van der Waals surface area contributed by atoms with E-state index in [9.17, 15) is 13.6 Å². The fraction of sp³-hybridized carbons (Fsp3) is 0.240. The van der Waals surface area contributed by atoms with E-state index in [2.05, 4.69) is 0 Å². The highest BCUT2D eigenvalue weighted by Gasteiger charge is 2.26. The van der Waals surface area contributed by atoms with Crippen molar-refractivity contribution in [3.8, 4) is 11.5 Å². The quantitative estimate of drug-likeness (QED) is 0.543. The third kappa shape index (κ3) is 5.42. The van der Waals surface area contributed by atoms with E-state index in [1.54, 1.807) is 17.0 Å². The first-order valence-corrected chi connectivity index (χ1v) is 10.3. The molecule has 1 atom stereocenters. The lowest BCUT2D eigenvalue weighted by Gasteiger charge is -2.33. The van der Waals surface area contributed by atoms with Crippen molar-refractivity contribution in [2.75, 3.05) is 26.3 Å². The van der Waals surface area contributed by atoms with Crippen LogP contribution in [0.5, 0.6) is 11.5 Å². The van der Waals surface area contributed by atoms with Gasteiger partial charge < -0.3 is 19.1 Å². The number of ether oxygens (including phenoxy) is 3. The van der Waals surface area contributed by atoms with Gasteiger partial charge in [-0.1, -0.05) is 48.5 Å². The van der Waals surface area contributed by atoms with Crippen molar-refractivity contribution in [3.63, 3.8) is 0 Å². The molecule has 1 aliphatic rings. The van der Waals surface area contributed by atoms with Crippen LogP contribution in [-0.4, -0.2) is 37.1 Å². The molecule has 1 amide bonds. The summed E-state index contributed by atoms with van der Waals surface area (Å²) in [5.41, 5.74) is 1.51. The molecule has 1 heterocycles. The van der Waals surface area contributed by atoms with Gasteiger partial charge in [-0.15, -0.1) is 0 Å². The second-order valence-electron chi connectivity index (χ2n) is 7.38. The molecule has 1 saturated heterocycles. The van der Waals surface area contributed by atoms with E-state index in [4.69, 9.17) is 14.2 Å². The van der Waals surface area contributed by atoms with Crippen LogP contribution in [0.3, 0.4) is 0 Å². The first kappa shape index (κ1) is 21.8. The minimum atomic E-state index is -0.940. The van der Waals surface area contributed by atoms with Gasteiger partial charge in [0.25, 0.3) is 5.91 Å². The van der Waals surface area contributed by atoms with Crippen molar-refractivity contribution >= 4 is 5.91 Å². The molecule has 0 aliphatic carbocycles. The zero-order chi connectivity index (χ0) is 22.3. The monoisotopic (exact) mass is 439 g/mol. The Hall–Kier alpha value is -3.45. The maximum Gasteiger partial charge on any atom is 0.260 e. The number of halogens is 2. The number of benzene rings is 3. The highest BCUT2D eigenvalue weighted by molar-refractivity contribution is 5.78. The van der Waals surface area contributed by atoms with Crippen LogP contribution in [0.25, 0.3) is 0 Å².